The smallest absolute Gasteiger partial charge is 0.251 e. The summed E-state index contributed by atoms with van der Waals surface area (Å²) in [6.45, 7) is 0.692. The van der Waals surface area contributed by atoms with Crippen LogP contribution in [0.4, 0.5) is 5.00 Å². The van der Waals surface area contributed by atoms with Crippen molar-refractivity contribution in [2.45, 2.75) is 6.54 Å². The molecule has 88 valence electrons. The topological polar surface area (TPSA) is 66.9 Å². The van der Waals surface area contributed by atoms with Gasteiger partial charge in [0.2, 0.25) is 0 Å². The first-order chi connectivity index (χ1) is 8.29. The average Bonchev–Trinajstić information content (AvgIpc) is 2.89. The van der Waals surface area contributed by atoms with Crippen molar-refractivity contribution in [2.75, 3.05) is 12.4 Å². The summed E-state index contributed by atoms with van der Waals surface area (Å²) >= 11 is 1.32. The van der Waals surface area contributed by atoms with Crippen LogP contribution >= 0.6 is 11.5 Å². The first kappa shape index (κ1) is 11.5. The second-order valence-corrected chi connectivity index (χ2v) is 4.20. The van der Waals surface area contributed by atoms with E-state index in [-0.39, 0.29) is 5.91 Å². The normalized spacial score (nSPS) is 9.94. The molecule has 0 atom stereocenters. The molecule has 2 aromatic rings. The fourth-order valence-corrected chi connectivity index (χ4v) is 1.77. The third kappa shape index (κ3) is 3.01. The molecule has 1 amide bonds. The summed E-state index contributed by atoms with van der Waals surface area (Å²) in [5, 5.41) is 10.4. The molecule has 17 heavy (non-hydrogen) atoms. The van der Waals surface area contributed by atoms with Gasteiger partial charge in [0.25, 0.3) is 5.91 Å². The van der Waals surface area contributed by atoms with Gasteiger partial charge in [-0.25, -0.2) is 0 Å². The van der Waals surface area contributed by atoms with E-state index >= 15 is 0 Å². The molecule has 0 spiro atoms. The first-order valence-electron chi connectivity index (χ1n) is 5.12. The minimum absolute atomic E-state index is 0.0730. The van der Waals surface area contributed by atoms with Gasteiger partial charge >= 0.3 is 0 Å². The van der Waals surface area contributed by atoms with E-state index in [1.54, 1.807) is 25.4 Å². The molecule has 0 fully saturated rings. The molecule has 0 unspecified atom stereocenters. The number of rotatable bonds is 4. The van der Waals surface area contributed by atoms with Gasteiger partial charge in [-0.1, -0.05) is 16.6 Å². The van der Waals surface area contributed by atoms with Crippen molar-refractivity contribution in [2.24, 2.45) is 0 Å². The maximum Gasteiger partial charge on any atom is 0.251 e. The van der Waals surface area contributed by atoms with Crippen LogP contribution in [-0.4, -0.2) is 22.5 Å². The number of benzene rings is 1. The SMILES string of the molecule is CNC(=O)c1ccc(CNc2cnns2)cc1. The lowest BCUT2D eigenvalue weighted by Crippen LogP contribution is -2.17. The van der Waals surface area contributed by atoms with Crippen LogP contribution in [-0.2, 0) is 6.54 Å². The Labute approximate surface area is 103 Å². The van der Waals surface area contributed by atoms with Gasteiger partial charge in [-0.3, -0.25) is 4.79 Å². The molecule has 0 saturated heterocycles. The lowest BCUT2D eigenvalue weighted by atomic mass is 10.1. The Hall–Kier alpha value is -1.95. The van der Waals surface area contributed by atoms with Crippen molar-refractivity contribution < 1.29 is 4.79 Å². The maximum atomic E-state index is 11.3. The van der Waals surface area contributed by atoms with Crippen LogP contribution in [0, 0.1) is 0 Å². The summed E-state index contributed by atoms with van der Waals surface area (Å²) in [6, 6.07) is 7.46. The second kappa shape index (κ2) is 5.40. The summed E-state index contributed by atoms with van der Waals surface area (Å²) < 4.78 is 3.76. The summed E-state index contributed by atoms with van der Waals surface area (Å²) in [6.07, 6.45) is 1.68. The Kier molecular flexibility index (Phi) is 3.66. The Morgan fingerprint density at radius 1 is 1.35 bits per heavy atom. The van der Waals surface area contributed by atoms with Gasteiger partial charge < -0.3 is 10.6 Å². The molecule has 0 bridgehead atoms. The molecule has 0 aliphatic rings. The molecule has 1 aromatic heterocycles. The van der Waals surface area contributed by atoms with Gasteiger partial charge in [-0.05, 0) is 17.7 Å². The summed E-state index contributed by atoms with van der Waals surface area (Å²) in [4.78, 5) is 11.3. The number of anilines is 1. The highest BCUT2D eigenvalue weighted by Crippen LogP contribution is 2.12. The first-order valence-corrected chi connectivity index (χ1v) is 5.89. The molecule has 0 radical (unpaired) electrons. The molecule has 0 aliphatic heterocycles. The van der Waals surface area contributed by atoms with E-state index in [0.29, 0.717) is 12.1 Å². The van der Waals surface area contributed by atoms with Gasteiger partial charge in [0.05, 0.1) is 6.20 Å². The Balaban J connectivity index is 1.96. The quantitative estimate of drug-likeness (QED) is 0.860. The van der Waals surface area contributed by atoms with Crippen molar-refractivity contribution in [1.82, 2.24) is 14.9 Å². The zero-order valence-electron chi connectivity index (χ0n) is 9.30. The van der Waals surface area contributed by atoms with Crippen LogP contribution in [0.15, 0.2) is 30.5 Å². The van der Waals surface area contributed by atoms with Crippen LogP contribution < -0.4 is 10.6 Å². The van der Waals surface area contributed by atoms with Crippen molar-refractivity contribution in [1.29, 1.82) is 0 Å². The van der Waals surface area contributed by atoms with Gasteiger partial charge in [0, 0.05) is 30.7 Å². The number of hydrogen-bond acceptors (Lipinski definition) is 5. The third-order valence-electron chi connectivity index (χ3n) is 2.27. The fraction of sp³-hybridized carbons (Fsp3) is 0.182. The zero-order valence-corrected chi connectivity index (χ0v) is 10.1. The van der Waals surface area contributed by atoms with Gasteiger partial charge in [-0.15, -0.1) is 5.10 Å². The molecule has 0 saturated carbocycles. The van der Waals surface area contributed by atoms with Crippen LogP contribution in [0.2, 0.25) is 0 Å². The zero-order chi connectivity index (χ0) is 12.1. The minimum Gasteiger partial charge on any atom is -0.370 e. The van der Waals surface area contributed by atoms with E-state index < -0.39 is 0 Å². The van der Waals surface area contributed by atoms with E-state index in [1.807, 2.05) is 12.1 Å². The van der Waals surface area contributed by atoms with Crippen molar-refractivity contribution >= 4 is 22.4 Å². The Bertz CT molecular complexity index is 481. The lowest BCUT2D eigenvalue weighted by molar-refractivity contribution is 0.0963. The number of hydrogen-bond donors (Lipinski definition) is 2. The van der Waals surface area contributed by atoms with Crippen molar-refractivity contribution in [3.05, 3.63) is 41.6 Å². The van der Waals surface area contributed by atoms with Gasteiger partial charge in [-0.2, -0.15) is 0 Å². The second-order valence-electron chi connectivity index (χ2n) is 3.41. The predicted molar refractivity (Wildman–Crippen MR) is 67.1 cm³/mol. The van der Waals surface area contributed by atoms with Crippen LogP contribution in [0.1, 0.15) is 15.9 Å². The standard InChI is InChI=1S/C11H12N4OS/c1-12-11(16)9-4-2-8(3-5-9)6-13-10-7-14-15-17-10/h2-5,7,13H,6H2,1H3,(H,12,16). The van der Waals surface area contributed by atoms with Crippen molar-refractivity contribution in [3.63, 3.8) is 0 Å². The minimum atomic E-state index is -0.0730. The monoisotopic (exact) mass is 248 g/mol. The van der Waals surface area contributed by atoms with Gasteiger partial charge in [0.1, 0.15) is 5.00 Å². The number of nitrogens with zero attached hydrogens (tertiary/aromatic N) is 2. The largest absolute Gasteiger partial charge is 0.370 e. The molecular formula is C11H12N4OS. The van der Waals surface area contributed by atoms with E-state index in [4.69, 9.17) is 0 Å². The third-order valence-corrected chi connectivity index (χ3v) is 2.89. The summed E-state index contributed by atoms with van der Waals surface area (Å²) in [7, 11) is 1.62. The molecule has 6 heteroatoms. The highest BCUT2D eigenvalue weighted by molar-refractivity contribution is 7.09. The van der Waals surface area contributed by atoms with E-state index in [1.165, 1.54) is 11.5 Å². The molecule has 1 heterocycles. The van der Waals surface area contributed by atoms with E-state index in [2.05, 4.69) is 20.2 Å². The lowest BCUT2D eigenvalue weighted by Gasteiger charge is -2.04. The number of nitrogens with one attached hydrogen (secondary N) is 2. The van der Waals surface area contributed by atoms with E-state index in [9.17, 15) is 4.79 Å². The highest BCUT2D eigenvalue weighted by Gasteiger charge is 2.02. The predicted octanol–water partition coefficient (Wildman–Crippen LogP) is 1.51. The Morgan fingerprint density at radius 3 is 2.71 bits per heavy atom. The highest BCUT2D eigenvalue weighted by atomic mass is 32.1. The van der Waals surface area contributed by atoms with Gasteiger partial charge in [0.15, 0.2) is 0 Å². The summed E-state index contributed by atoms with van der Waals surface area (Å²) in [5.74, 6) is -0.0730. The summed E-state index contributed by atoms with van der Waals surface area (Å²) in [5.41, 5.74) is 1.77. The number of carbonyl (C=O) groups excluding carboxylic acids is 1. The molecule has 2 rings (SSSR count). The Morgan fingerprint density at radius 2 is 2.12 bits per heavy atom. The molecule has 2 N–H and O–H groups in total. The van der Waals surface area contributed by atoms with Crippen LogP contribution in [0.3, 0.4) is 0 Å². The van der Waals surface area contributed by atoms with Crippen molar-refractivity contribution in [3.8, 4) is 0 Å². The van der Waals surface area contributed by atoms with Crippen LogP contribution in [0.5, 0.6) is 0 Å². The maximum absolute atomic E-state index is 11.3. The fourth-order valence-electron chi connectivity index (χ4n) is 1.35. The molecule has 5 nitrogen and oxygen atoms in total. The van der Waals surface area contributed by atoms with E-state index in [0.717, 1.165) is 10.6 Å². The molecule has 1 aromatic carbocycles. The van der Waals surface area contributed by atoms with Crippen LogP contribution in [0.25, 0.3) is 0 Å². The number of carbonyl (C=O) groups is 1. The number of aromatic nitrogens is 2. The number of amides is 1. The average molecular weight is 248 g/mol. The molecule has 0 aliphatic carbocycles. The molecular weight excluding hydrogens is 236 g/mol.